The van der Waals surface area contributed by atoms with E-state index in [4.69, 9.17) is 0 Å². The molecule has 2 aromatic rings. The Hall–Kier alpha value is -1.82. The number of benzene rings is 1. The summed E-state index contributed by atoms with van der Waals surface area (Å²) in [5.74, 6) is 1.10. The van der Waals surface area contributed by atoms with Crippen LogP contribution in [0.1, 0.15) is 51.2 Å². The first kappa shape index (κ1) is 20.5. The Kier molecular flexibility index (Phi) is 7.69. The molecule has 1 aromatic heterocycles. The van der Waals surface area contributed by atoms with Gasteiger partial charge in [0.15, 0.2) is 5.16 Å². The second kappa shape index (κ2) is 9.76. The van der Waals surface area contributed by atoms with Crippen LogP contribution in [-0.4, -0.2) is 32.5 Å². The summed E-state index contributed by atoms with van der Waals surface area (Å²) in [4.78, 5) is 12.2. The number of hydrogen-bond donors (Lipinski definition) is 1. The fourth-order valence-electron chi connectivity index (χ4n) is 2.73. The molecular weight excluding hydrogens is 344 g/mol. The zero-order chi connectivity index (χ0) is 19.1. The summed E-state index contributed by atoms with van der Waals surface area (Å²) in [7, 11) is 0. The Morgan fingerprint density at radius 2 is 1.96 bits per heavy atom. The predicted molar refractivity (Wildman–Crippen MR) is 108 cm³/mol. The summed E-state index contributed by atoms with van der Waals surface area (Å²) in [5, 5.41) is 12.0. The summed E-state index contributed by atoms with van der Waals surface area (Å²) in [5.41, 5.74) is 3.49. The van der Waals surface area contributed by atoms with Gasteiger partial charge >= 0.3 is 0 Å². The van der Waals surface area contributed by atoms with Gasteiger partial charge in [-0.15, -0.1) is 10.2 Å². The van der Waals surface area contributed by atoms with Gasteiger partial charge in [0.25, 0.3) is 0 Å². The van der Waals surface area contributed by atoms with Crippen molar-refractivity contribution < 1.29 is 4.79 Å². The number of thioether (sulfide) groups is 1. The zero-order valence-electron chi connectivity index (χ0n) is 16.5. The zero-order valence-corrected chi connectivity index (χ0v) is 17.3. The fraction of sp³-hybridized carbons (Fsp3) is 0.550. The summed E-state index contributed by atoms with van der Waals surface area (Å²) in [6, 6.07) is 6.45. The smallest absolute Gasteiger partial charge is 0.230 e. The Labute approximate surface area is 161 Å². The van der Waals surface area contributed by atoms with Crippen LogP contribution < -0.4 is 5.32 Å². The average Bonchev–Trinajstić information content (AvgIpc) is 3.03. The number of nitrogens with one attached hydrogen (secondary N) is 1. The van der Waals surface area contributed by atoms with Crippen LogP contribution in [-0.2, 0) is 4.79 Å². The number of amides is 1. The highest BCUT2D eigenvalue weighted by Crippen LogP contribution is 2.21. The first-order chi connectivity index (χ1) is 12.4. The van der Waals surface area contributed by atoms with E-state index in [9.17, 15) is 4.79 Å². The molecule has 1 atom stereocenters. The maximum absolute atomic E-state index is 12.2. The van der Waals surface area contributed by atoms with Crippen LogP contribution in [0, 0.1) is 19.8 Å². The molecule has 1 heterocycles. The maximum atomic E-state index is 12.2. The van der Waals surface area contributed by atoms with Crippen LogP contribution in [0.4, 0.5) is 0 Å². The molecule has 0 saturated carbocycles. The standard InChI is InChI=1S/C20H30N4OS/c1-14(2)7-6-8-17(5)22-19(25)12-26-20-23-21-13-24(20)18-10-9-15(3)16(4)11-18/h9-11,13-14,17H,6-8,12H2,1-5H3,(H,22,25). The van der Waals surface area contributed by atoms with Crippen molar-refractivity contribution in [1.29, 1.82) is 0 Å². The molecular formula is C20H30N4OS. The Morgan fingerprint density at radius 1 is 1.19 bits per heavy atom. The molecule has 2 rings (SSSR count). The van der Waals surface area contributed by atoms with Crippen molar-refractivity contribution in [1.82, 2.24) is 20.1 Å². The van der Waals surface area contributed by atoms with Crippen LogP contribution in [0.25, 0.3) is 5.69 Å². The second-order valence-electron chi connectivity index (χ2n) is 7.33. The van der Waals surface area contributed by atoms with E-state index < -0.39 is 0 Å². The highest BCUT2D eigenvalue weighted by Gasteiger charge is 2.12. The average molecular weight is 375 g/mol. The van der Waals surface area contributed by atoms with Gasteiger partial charge in [-0.3, -0.25) is 9.36 Å². The lowest BCUT2D eigenvalue weighted by Crippen LogP contribution is -2.33. The molecule has 0 radical (unpaired) electrons. The van der Waals surface area contributed by atoms with Crippen molar-refractivity contribution in [2.75, 3.05) is 5.75 Å². The van der Waals surface area contributed by atoms with Gasteiger partial charge in [0.05, 0.1) is 5.75 Å². The molecule has 0 bridgehead atoms. The molecule has 0 spiro atoms. The molecule has 0 aliphatic heterocycles. The third-order valence-electron chi connectivity index (χ3n) is 4.44. The number of rotatable bonds is 9. The summed E-state index contributed by atoms with van der Waals surface area (Å²) < 4.78 is 1.93. The Balaban J connectivity index is 1.87. The second-order valence-corrected chi connectivity index (χ2v) is 8.28. The van der Waals surface area contributed by atoms with Crippen molar-refractivity contribution in [3.05, 3.63) is 35.7 Å². The molecule has 5 nitrogen and oxygen atoms in total. The van der Waals surface area contributed by atoms with Gasteiger partial charge in [-0.1, -0.05) is 44.5 Å². The number of hydrogen-bond acceptors (Lipinski definition) is 4. The first-order valence-electron chi connectivity index (χ1n) is 9.26. The van der Waals surface area contributed by atoms with Crippen molar-refractivity contribution in [2.24, 2.45) is 5.92 Å². The predicted octanol–water partition coefficient (Wildman–Crippen LogP) is 4.31. The van der Waals surface area contributed by atoms with E-state index in [1.54, 1.807) is 6.33 Å². The van der Waals surface area contributed by atoms with E-state index in [2.05, 4.69) is 62.3 Å². The number of nitrogens with zero attached hydrogens (tertiary/aromatic N) is 3. The number of carbonyl (C=O) groups is 1. The highest BCUT2D eigenvalue weighted by molar-refractivity contribution is 7.99. The largest absolute Gasteiger partial charge is 0.353 e. The van der Waals surface area contributed by atoms with Gasteiger partial charge in [-0.2, -0.15) is 0 Å². The van der Waals surface area contributed by atoms with Crippen LogP contribution in [0.5, 0.6) is 0 Å². The van der Waals surface area contributed by atoms with Crippen LogP contribution in [0.2, 0.25) is 0 Å². The first-order valence-corrected chi connectivity index (χ1v) is 10.2. The molecule has 1 aromatic carbocycles. The van der Waals surface area contributed by atoms with Gasteiger partial charge in [0.2, 0.25) is 5.91 Å². The SMILES string of the molecule is Cc1ccc(-n2cnnc2SCC(=O)NC(C)CCCC(C)C)cc1C. The molecule has 0 saturated heterocycles. The summed E-state index contributed by atoms with van der Waals surface area (Å²) in [6.07, 6.45) is 5.06. The summed E-state index contributed by atoms with van der Waals surface area (Å²) in [6.45, 7) is 10.7. The third-order valence-corrected chi connectivity index (χ3v) is 5.39. The molecule has 0 aliphatic carbocycles. The van der Waals surface area contributed by atoms with Crippen molar-refractivity contribution in [3.8, 4) is 5.69 Å². The number of carbonyl (C=O) groups excluding carboxylic acids is 1. The van der Waals surface area contributed by atoms with Crippen LogP contribution >= 0.6 is 11.8 Å². The minimum atomic E-state index is 0.0432. The quantitative estimate of drug-likeness (QED) is 0.665. The minimum Gasteiger partial charge on any atom is -0.353 e. The fourth-order valence-corrected chi connectivity index (χ4v) is 3.47. The Morgan fingerprint density at radius 3 is 2.65 bits per heavy atom. The topological polar surface area (TPSA) is 59.8 Å². The normalized spacial score (nSPS) is 12.4. The monoisotopic (exact) mass is 374 g/mol. The van der Waals surface area contributed by atoms with Crippen molar-refractivity contribution in [3.63, 3.8) is 0 Å². The molecule has 0 fully saturated rings. The minimum absolute atomic E-state index is 0.0432. The molecule has 1 unspecified atom stereocenters. The lowest BCUT2D eigenvalue weighted by molar-refractivity contribution is -0.119. The highest BCUT2D eigenvalue weighted by atomic mass is 32.2. The van der Waals surface area contributed by atoms with Crippen LogP contribution in [0.15, 0.2) is 29.7 Å². The van der Waals surface area contributed by atoms with Gasteiger partial charge in [-0.25, -0.2) is 0 Å². The van der Waals surface area contributed by atoms with Gasteiger partial charge in [0, 0.05) is 11.7 Å². The summed E-state index contributed by atoms with van der Waals surface area (Å²) >= 11 is 1.41. The van der Waals surface area contributed by atoms with E-state index in [1.807, 2.05) is 10.6 Å². The van der Waals surface area contributed by atoms with Crippen molar-refractivity contribution in [2.45, 2.75) is 65.1 Å². The molecule has 0 aliphatic rings. The molecule has 6 heteroatoms. The van der Waals surface area contributed by atoms with Crippen molar-refractivity contribution >= 4 is 17.7 Å². The van der Waals surface area contributed by atoms with Crippen LogP contribution in [0.3, 0.4) is 0 Å². The van der Waals surface area contributed by atoms with E-state index in [1.165, 1.54) is 29.3 Å². The lowest BCUT2D eigenvalue weighted by Gasteiger charge is -2.14. The number of aromatic nitrogens is 3. The Bertz CT molecular complexity index is 726. The van der Waals surface area contributed by atoms with E-state index in [0.29, 0.717) is 11.7 Å². The van der Waals surface area contributed by atoms with Gasteiger partial charge in [-0.05, 0) is 56.4 Å². The molecule has 26 heavy (non-hydrogen) atoms. The molecule has 142 valence electrons. The van der Waals surface area contributed by atoms with E-state index >= 15 is 0 Å². The third kappa shape index (κ3) is 6.16. The van der Waals surface area contributed by atoms with E-state index in [0.717, 1.165) is 23.7 Å². The van der Waals surface area contributed by atoms with Gasteiger partial charge in [0.1, 0.15) is 6.33 Å². The van der Waals surface area contributed by atoms with Gasteiger partial charge < -0.3 is 5.32 Å². The number of aryl methyl sites for hydroxylation is 2. The molecule has 1 N–H and O–H groups in total. The lowest BCUT2D eigenvalue weighted by atomic mass is 10.0. The van der Waals surface area contributed by atoms with E-state index in [-0.39, 0.29) is 11.9 Å². The molecule has 1 amide bonds. The maximum Gasteiger partial charge on any atom is 0.230 e.